The molecule has 1 aliphatic heterocycles. The molecule has 6 heteroatoms. The smallest absolute Gasteiger partial charge is 0.317 e. The van der Waals surface area contributed by atoms with Crippen molar-refractivity contribution in [3.8, 4) is 0 Å². The van der Waals surface area contributed by atoms with Crippen LogP contribution in [0.1, 0.15) is 32.0 Å². The Kier molecular flexibility index (Phi) is 6.04. The summed E-state index contributed by atoms with van der Waals surface area (Å²) in [6.07, 6.45) is 6.77. The first-order chi connectivity index (χ1) is 10.2. The van der Waals surface area contributed by atoms with E-state index in [-0.39, 0.29) is 12.1 Å². The molecule has 1 atom stereocenters. The number of ether oxygens (including phenoxy) is 1. The number of hydrogen-bond donors (Lipinski definition) is 1. The number of aryl methyl sites for hydroxylation is 2. The molecule has 1 aromatic rings. The number of unbranched alkanes of at least 4 members (excludes halogenated alkanes) is 1. The Morgan fingerprint density at radius 3 is 3.10 bits per heavy atom. The molecule has 2 rings (SSSR count). The Hall–Kier alpha value is -1.56. The molecule has 1 fully saturated rings. The number of nitrogens with zero attached hydrogens (tertiary/aromatic N) is 3. The molecule has 0 spiro atoms. The lowest BCUT2D eigenvalue weighted by Gasteiger charge is -2.35. The van der Waals surface area contributed by atoms with Crippen molar-refractivity contribution in [2.45, 2.75) is 45.7 Å². The normalized spacial score (nSPS) is 18.8. The van der Waals surface area contributed by atoms with E-state index in [4.69, 9.17) is 4.74 Å². The summed E-state index contributed by atoms with van der Waals surface area (Å²) >= 11 is 0. The number of carbonyl (C=O) groups excluding carboxylic acids is 1. The van der Waals surface area contributed by atoms with Crippen LogP contribution in [0.5, 0.6) is 0 Å². The van der Waals surface area contributed by atoms with Crippen molar-refractivity contribution in [1.82, 2.24) is 19.8 Å². The molecule has 0 radical (unpaired) electrons. The largest absolute Gasteiger partial charge is 0.377 e. The van der Waals surface area contributed by atoms with Gasteiger partial charge in [0.1, 0.15) is 5.82 Å². The van der Waals surface area contributed by atoms with Crippen LogP contribution in [0.15, 0.2) is 12.4 Å². The van der Waals surface area contributed by atoms with Gasteiger partial charge in [0.2, 0.25) is 0 Å². The lowest BCUT2D eigenvalue weighted by molar-refractivity contribution is 0.0113. The van der Waals surface area contributed by atoms with E-state index in [1.54, 1.807) is 0 Å². The van der Waals surface area contributed by atoms with E-state index in [0.717, 1.165) is 38.2 Å². The molecule has 0 aromatic carbocycles. The number of aromatic nitrogens is 2. The molecule has 1 aromatic heterocycles. The third-order valence-electron chi connectivity index (χ3n) is 3.99. The van der Waals surface area contributed by atoms with Gasteiger partial charge < -0.3 is 19.5 Å². The van der Waals surface area contributed by atoms with Crippen LogP contribution in [-0.2, 0) is 11.3 Å². The summed E-state index contributed by atoms with van der Waals surface area (Å²) < 4.78 is 7.55. The van der Waals surface area contributed by atoms with Gasteiger partial charge in [-0.05, 0) is 26.2 Å². The second kappa shape index (κ2) is 8.02. The zero-order valence-corrected chi connectivity index (χ0v) is 13.0. The third-order valence-corrected chi connectivity index (χ3v) is 3.99. The number of imidazole rings is 1. The van der Waals surface area contributed by atoms with Gasteiger partial charge in [-0.2, -0.15) is 0 Å². The molecule has 0 saturated carbocycles. The lowest BCUT2D eigenvalue weighted by Crippen LogP contribution is -2.52. The number of hydrogen-bond acceptors (Lipinski definition) is 3. The zero-order chi connectivity index (χ0) is 15.1. The molecule has 118 valence electrons. The van der Waals surface area contributed by atoms with Crippen molar-refractivity contribution < 1.29 is 9.53 Å². The van der Waals surface area contributed by atoms with Crippen LogP contribution in [-0.4, -0.2) is 52.8 Å². The number of morpholine rings is 1. The highest BCUT2D eigenvalue weighted by Crippen LogP contribution is 2.10. The molecule has 1 aliphatic rings. The maximum Gasteiger partial charge on any atom is 0.317 e. The topological polar surface area (TPSA) is 59.4 Å². The maximum atomic E-state index is 12.2. The summed E-state index contributed by atoms with van der Waals surface area (Å²) in [5.41, 5.74) is 0. The van der Waals surface area contributed by atoms with Crippen molar-refractivity contribution in [3.05, 3.63) is 18.2 Å². The summed E-state index contributed by atoms with van der Waals surface area (Å²) in [4.78, 5) is 18.3. The predicted octanol–water partition coefficient (Wildman–Crippen LogP) is 1.79. The van der Waals surface area contributed by atoms with Crippen LogP contribution in [0.3, 0.4) is 0 Å². The summed E-state index contributed by atoms with van der Waals surface area (Å²) in [5, 5.41) is 3.02. The zero-order valence-electron chi connectivity index (χ0n) is 13.0. The van der Waals surface area contributed by atoms with E-state index in [0.29, 0.717) is 19.8 Å². The Bertz CT molecular complexity index is 447. The molecule has 1 N–H and O–H groups in total. The highest BCUT2D eigenvalue weighted by atomic mass is 16.5. The molecule has 2 amide bonds. The van der Waals surface area contributed by atoms with Crippen LogP contribution in [0.2, 0.25) is 0 Å². The number of nitrogens with one attached hydrogen (secondary N) is 1. The van der Waals surface area contributed by atoms with Crippen molar-refractivity contribution >= 4 is 6.03 Å². The van der Waals surface area contributed by atoms with Crippen molar-refractivity contribution in [2.75, 3.05) is 26.3 Å². The first kappa shape index (κ1) is 15.8. The molecular formula is C15H26N4O2. The monoisotopic (exact) mass is 294 g/mol. The van der Waals surface area contributed by atoms with Gasteiger partial charge in [0.15, 0.2) is 0 Å². The molecule has 0 aliphatic carbocycles. The van der Waals surface area contributed by atoms with Gasteiger partial charge in [-0.3, -0.25) is 0 Å². The van der Waals surface area contributed by atoms with Crippen molar-refractivity contribution in [1.29, 1.82) is 0 Å². The summed E-state index contributed by atoms with van der Waals surface area (Å²) in [5.74, 6) is 1.04. The quantitative estimate of drug-likeness (QED) is 0.814. The molecule has 0 bridgehead atoms. The summed E-state index contributed by atoms with van der Waals surface area (Å²) in [6, 6.07) is 0.260. The number of rotatable bonds is 6. The minimum absolute atomic E-state index is 0.0453. The van der Waals surface area contributed by atoms with Crippen molar-refractivity contribution in [2.24, 2.45) is 0 Å². The highest BCUT2D eigenvalue weighted by molar-refractivity contribution is 5.74. The lowest BCUT2D eigenvalue weighted by atomic mass is 10.2. The average molecular weight is 294 g/mol. The molecule has 1 saturated heterocycles. The average Bonchev–Trinajstić information content (AvgIpc) is 2.92. The number of carbonyl (C=O) groups is 1. The number of urea groups is 1. The molecular weight excluding hydrogens is 268 g/mol. The Balaban J connectivity index is 1.63. The van der Waals surface area contributed by atoms with E-state index in [2.05, 4.69) is 21.8 Å². The first-order valence-electron chi connectivity index (χ1n) is 7.82. The van der Waals surface area contributed by atoms with Gasteiger partial charge in [-0.15, -0.1) is 0 Å². The molecule has 21 heavy (non-hydrogen) atoms. The van der Waals surface area contributed by atoms with Gasteiger partial charge >= 0.3 is 6.03 Å². The Labute approximate surface area is 126 Å². The Morgan fingerprint density at radius 2 is 2.38 bits per heavy atom. The van der Waals surface area contributed by atoms with E-state index < -0.39 is 0 Å². The van der Waals surface area contributed by atoms with Crippen LogP contribution in [0.4, 0.5) is 4.79 Å². The fourth-order valence-corrected chi connectivity index (χ4v) is 2.60. The third kappa shape index (κ3) is 4.46. The molecule has 0 unspecified atom stereocenters. The summed E-state index contributed by atoms with van der Waals surface area (Å²) in [6.45, 7) is 7.77. The fraction of sp³-hybridized carbons (Fsp3) is 0.733. The number of amides is 2. The van der Waals surface area contributed by atoms with Gasteiger partial charge in [0, 0.05) is 32.0 Å². The standard InChI is InChI=1S/C15H26N4O2/c1-3-14-12-21-11-10-19(14)15(20)17-6-4-5-8-18-9-7-16-13(18)2/h7,9,14H,3-6,8,10-12H2,1-2H3,(H,17,20)/t14-/m0/s1. The van der Waals surface area contributed by atoms with Crippen LogP contribution >= 0.6 is 0 Å². The highest BCUT2D eigenvalue weighted by Gasteiger charge is 2.25. The van der Waals surface area contributed by atoms with Crippen LogP contribution < -0.4 is 5.32 Å². The first-order valence-corrected chi connectivity index (χ1v) is 7.82. The molecule has 2 heterocycles. The van der Waals surface area contributed by atoms with Gasteiger partial charge in [-0.25, -0.2) is 9.78 Å². The summed E-state index contributed by atoms with van der Waals surface area (Å²) in [7, 11) is 0. The minimum Gasteiger partial charge on any atom is -0.377 e. The van der Waals surface area contributed by atoms with E-state index >= 15 is 0 Å². The van der Waals surface area contributed by atoms with Crippen molar-refractivity contribution in [3.63, 3.8) is 0 Å². The van der Waals surface area contributed by atoms with Gasteiger partial charge in [0.25, 0.3) is 0 Å². The fourth-order valence-electron chi connectivity index (χ4n) is 2.60. The van der Waals surface area contributed by atoms with E-state index in [1.165, 1.54) is 0 Å². The SMILES string of the molecule is CC[C@H]1COCCN1C(=O)NCCCCn1ccnc1C. The minimum atomic E-state index is 0.0453. The van der Waals surface area contributed by atoms with Crippen LogP contribution in [0, 0.1) is 6.92 Å². The van der Waals surface area contributed by atoms with Crippen LogP contribution in [0.25, 0.3) is 0 Å². The predicted molar refractivity (Wildman–Crippen MR) is 81.2 cm³/mol. The molecule has 6 nitrogen and oxygen atoms in total. The Morgan fingerprint density at radius 1 is 1.52 bits per heavy atom. The van der Waals surface area contributed by atoms with E-state index in [9.17, 15) is 4.79 Å². The maximum absolute atomic E-state index is 12.2. The van der Waals surface area contributed by atoms with Gasteiger partial charge in [0.05, 0.1) is 19.3 Å². The second-order valence-electron chi connectivity index (χ2n) is 5.44. The second-order valence-corrected chi connectivity index (χ2v) is 5.44. The van der Waals surface area contributed by atoms with Gasteiger partial charge in [-0.1, -0.05) is 6.92 Å². The van der Waals surface area contributed by atoms with E-state index in [1.807, 2.05) is 24.2 Å².